The predicted octanol–water partition coefficient (Wildman–Crippen LogP) is 0.664. The van der Waals surface area contributed by atoms with Crippen molar-refractivity contribution in [3.63, 3.8) is 0 Å². The van der Waals surface area contributed by atoms with Crippen molar-refractivity contribution in [1.82, 2.24) is 15.3 Å². The lowest BCUT2D eigenvalue weighted by Crippen LogP contribution is -2.29. The number of halogens is 3. The maximum absolute atomic E-state index is 12.1. The summed E-state index contributed by atoms with van der Waals surface area (Å²) < 4.78 is 36.2. The van der Waals surface area contributed by atoms with Crippen molar-refractivity contribution in [3.8, 4) is 0 Å². The fourth-order valence-electron chi connectivity index (χ4n) is 0.759. The van der Waals surface area contributed by atoms with Gasteiger partial charge in [0, 0.05) is 12.4 Å². The Morgan fingerprint density at radius 1 is 1.40 bits per heavy atom. The quantitative estimate of drug-likeness (QED) is 0.768. The maximum atomic E-state index is 12.1. The molecule has 0 aliphatic carbocycles. The van der Waals surface area contributed by atoms with Gasteiger partial charge in [0.2, 0.25) is 0 Å². The van der Waals surface area contributed by atoms with Crippen molar-refractivity contribution in [2.45, 2.75) is 12.7 Å². The number of hydrogen-bond acceptors (Lipinski definition) is 3. The number of rotatable bonds is 2. The molecule has 1 aromatic rings. The first-order valence-electron chi connectivity index (χ1n) is 3.81. The zero-order valence-electron chi connectivity index (χ0n) is 7.38. The summed E-state index contributed by atoms with van der Waals surface area (Å²) in [7, 11) is 0. The summed E-state index contributed by atoms with van der Waals surface area (Å²) in [6.45, 7) is -0.104. The van der Waals surface area contributed by atoms with E-state index < -0.39 is 17.8 Å². The second-order valence-electron chi connectivity index (χ2n) is 2.60. The van der Waals surface area contributed by atoms with E-state index >= 15 is 0 Å². The number of alkyl halides is 3. The molecular formula is C7H7F3N4O. The number of aromatic nitrogens is 2. The van der Waals surface area contributed by atoms with Crippen LogP contribution in [0, 0.1) is 0 Å². The molecule has 1 aromatic heterocycles. The molecule has 0 aliphatic rings. The lowest BCUT2D eigenvalue weighted by molar-refractivity contribution is -0.138. The van der Waals surface area contributed by atoms with Crippen LogP contribution in [0.1, 0.15) is 11.4 Å². The molecule has 0 saturated carbocycles. The van der Waals surface area contributed by atoms with Crippen molar-refractivity contribution in [1.29, 1.82) is 0 Å². The summed E-state index contributed by atoms with van der Waals surface area (Å²) >= 11 is 0. The van der Waals surface area contributed by atoms with Crippen molar-refractivity contribution >= 4 is 6.03 Å². The van der Waals surface area contributed by atoms with Crippen LogP contribution in [0.4, 0.5) is 18.0 Å². The highest BCUT2D eigenvalue weighted by molar-refractivity contribution is 5.71. The standard InChI is InChI=1S/C7H7F3N4O/c8-7(9,10)4-1-12-5(13-2-4)3-14-6(11)15/h1-2H,3H2,(H3,11,14,15). The average molecular weight is 220 g/mol. The number of carbonyl (C=O) groups is 1. The molecule has 0 aliphatic heterocycles. The van der Waals surface area contributed by atoms with Gasteiger partial charge in [-0.15, -0.1) is 0 Å². The minimum Gasteiger partial charge on any atom is -0.352 e. The summed E-state index contributed by atoms with van der Waals surface area (Å²) in [6.07, 6.45) is -3.17. The Kier molecular flexibility index (Phi) is 3.08. The number of nitrogens with zero attached hydrogens (tertiary/aromatic N) is 2. The number of nitrogens with two attached hydrogens (primary N) is 1. The van der Waals surface area contributed by atoms with E-state index in [0.29, 0.717) is 12.4 Å². The summed E-state index contributed by atoms with van der Waals surface area (Å²) in [5.74, 6) is 0.0572. The van der Waals surface area contributed by atoms with Crippen LogP contribution in [-0.2, 0) is 12.7 Å². The number of nitrogens with one attached hydrogen (secondary N) is 1. The van der Waals surface area contributed by atoms with E-state index in [-0.39, 0.29) is 12.4 Å². The van der Waals surface area contributed by atoms with Crippen molar-refractivity contribution < 1.29 is 18.0 Å². The van der Waals surface area contributed by atoms with Crippen LogP contribution >= 0.6 is 0 Å². The number of urea groups is 1. The highest BCUT2D eigenvalue weighted by Gasteiger charge is 2.31. The molecule has 0 unspecified atom stereocenters. The minimum atomic E-state index is -4.46. The van der Waals surface area contributed by atoms with Crippen molar-refractivity contribution in [3.05, 3.63) is 23.8 Å². The molecule has 8 heteroatoms. The zero-order chi connectivity index (χ0) is 11.5. The van der Waals surface area contributed by atoms with E-state index in [1.54, 1.807) is 0 Å². The van der Waals surface area contributed by atoms with Gasteiger partial charge in [-0.3, -0.25) is 0 Å². The highest BCUT2D eigenvalue weighted by atomic mass is 19.4. The Bertz CT molecular complexity index is 348. The Balaban J connectivity index is 2.69. The van der Waals surface area contributed by atoms with Gasteiger partial charge in [-0.1, -0.05) is 0 Å². The fraction of sp³-hybridized carbons (Fsp3) is 0.286. The second kappa shape index (κ2) is 4.11. The van der Waals surface area contributed by atoms with Gasteiger partial charge in [0.25, 0.3) is 0 Å². The molecule has 0 saturated heterocycles. The molecule has 1 heterocycles. The van der Waals surface area contributed by atoms with E-state index in [9.17, 15) is 18.0 Å². The first-order chi connectivity index (χ1) is 6.89. The number of hydrogen-bond donors (Lipinski definition) is 2. The van der Waals surface area contributed by atoms with Crippen LogP contribution in [0.5, 0.6) is 0 Å². The Labute approximate surface area is 82.5 Å². The second-order valence-corrected chi connectivity index (χ2v) is 2.60. The van der Waals surface area contributed by atoms with E-state index in [2.05, 4.69) is 15.3 Å². The third-order valence-corrected chi connectivity index (χ3v) is 1.45. The molecule has 3 N–H and O–H groups in total. The molecule has 0 aromatic carbocycles. The molecule has 5 nitrogen and oxygen atoms in total. The molecule has 2 amide bonds. The fourth-order valence-corrected chi connectivity index (χ4v) is 0.759. The molecule has 0 fully saturated rings. The summed E-state index contributed by atoms with van der Waals surface area (Å²) in [4.78, 5) is 17.1. The summed E-state index contributed by atoms with van der Waals surface area (Å²) in [5, 5.41) is 2.15. The van der Waals surface area contributed by atoms with E-state index in [0.717, 1.165) is 0 Å². The predicted molar refractivity (Wildman–Crippen MR) is 43.5 cm³/mol. The molecule has 0 radical (unpaired) electrons. The largest absolute Gasteiger partial charge is 0.419 e. The molecule has 1 rings (SSSR count). The Morgan fingerprint density at radius 2 is 1.93 bits per heavy atom. The zero-order valence-corrected chi connectivity index (χ0v) is 7.38. The monoisotopic (exact) mass is 220 g/mol. The van der Waals surface area contributed by atoms with Gasteiger partial charge in [-0.25, -0.2) is 14.8 Å². The first kappa shape index (κ1) is 11.2. The number of primary amides is 1. The smallest absolute Gasteiger partial charge is 0.352 e. The molecule has 0 bridgehead atoms. The Hall–Kier alpha value is -1.86. The lowest BCUT2D eigenvalue weighted by atomic mass is 10.3. The lowest BCUT2D eigenvalue weighted by Gasteiger charge is -2.05. The van der Waals surface area contributed by atoms with Gasteiger partial charge in [-0.05, 0) is 0 Å². The number of carbonyl (C=O) groups excluding carboxylic acids is 1. The van der Waals surface area contributed by atoms with E-state index in [1.165, 1.54) is 0 Å². The van der Waals surface area contributed by atoms with Crippen molar-refractivity contribution in [2.75, 3.05) is 0 Å². The molecule has 0 atom stereocenters. The van der Waals surface area contributed by atoms with Gasteiger partial charge in [0.05, 0.1) is 12.1 Å². The highest BCUT2D eigenvalue weighted by Crippen LogP contribution is 2.27. The third kappa shape index (κ3) is 3.41. The van der Waals surface area contributed by atoms with Gasteiger partial charge >= 0.3 is 12.2 Å². The van der Waals surface area contributed by atoms with Crippen molar-refractivity contribution in [2.24, 2.45) is 5.73 Å². The van der Waals surface area contributed by atoms with Gasteiger partial charge < -0.3 is 11.1 Å². The van der Waals surface area contributed by atoms with E-state index in [1.807, 2.05) is 0 Å². The first-order valence-corrected chi connectivity index (χ1v) is 3.81. The van der Waals surface area contributed by atoms with E-state index in [4.69, 9.17) is 5.73 Å². The SMILES string of the molecule is NC(=O)NCc1ncc(C(F)(F)F)cn1. The van der Waals surface area contributed by atoms with Crippen LogP contribution in [-0.4, -0.2) is 16.0 Å². The Morgan fingerprint density at radius 3 is 2.33 bits per heavy atom. The molecule has 0 spiro atoms. The van der Waals surface area contributed by atoms with Gasteiger partial charge in [-0.2, -0.15) is 13.2 Å². The number of amides is 2. The molecule has 15 heavy (non-hydrogen) atoms. The summed E-state index contributed by atoms with van der Waals surface area (Å²) in [5.41, 5.74) is 3.81. The van der Waals surface area contributed by atoms with Gasteiger partial charge in [0.1, 0.15) is 5.82 Å². The van der Waals surface area contributed by atoms with Crippen LogP contribution in [0.2, 0.25) is 0 Å². The average Bonchev–Trinajstić information content (AvgIpc) is 2.14. The van der Waals surface area contributed by atoms with Gasteiger partial charge in [0.15, 0.2) is 0 Å². The maximum Gasteiger partial charge on any atom is 0.419 e. The molecule has 82 valence electrons. The normalized spacial score (nSPS) is 11.1. The van der Waals surface area contributed by atoms with Crippen LogP contribution in [0.15, 0.2) is 12.4 Å². The van der Waals surface area contributed by atoms with Crippen LogP contribution in [0.25, 0.3) is 0 Å². The van der Waals surface area contributed by atoms with Crippen LogP contribution < -0.4 is 11.1 Å². The summed E-state index contributed by atoms with van der Waals surface area (Å²) in [6, 6.07) is -0.793. The molecular weight excluding hydrogens is 213 g/mol. The third-order valence-electron chi connectivity index (χ3n) is 1.45. The van der Waals surface area contributed by atoms with Crippen LogP contribution in [0.3, 0.4) is 0 Å². The minimum absolute atomic E-state index is 0.0572. The topological polar surface area (TPSA) is 80.9 Å².